The van der Waals surface area contributed by atoms with E-state index in [1.807, 2.05) is 0 Å². The van der Waals surface area contributed by atoms with Crippen LogP contribution in [0.4, 0.5) is 0 Å². The molecular weight excluding hydrogens is 406 g/mol. The van der Waals surface area contributed by atoms with Gasteiger partial charge < -0.3 is 5.48 Å². The van der Waals surface area contributed by atoms with Gasteiger partial charge in [0.05, 0.1) is 0 Å². The van der Waals surface area contributed by atoms with Gasteiger partial charge in [-0.15, -0.1) is 0 Å². The van der Waals surface area contributed by atoms with Crippen LogP contribution in [0.15, 0.2) is 0 Å². The molecule has 17 heteroatoms. The predicted octanol–water partition coefficient (Wildman–Crippen LogP) is -10.4. The van der Waals surface area contributed by atoms with Gasteiger partial charge in [0.2, 0.25) is 0 Å². The van der Waals surface area contributed by atoms with Gasteiger partial charge in [0.1, 0.15) is 0 Å². The van der Waals surface area contributed by atoms with Crippen LogP contribution in [0.25, 0.3) is 0 Å². The zero-order valence-corrected chi connectivity index (χ0v) is 17.9. The van der Waals surface area contributed by atoms with Crippen LogP contribution in [-0.4, -0.2) is 23.0 Å². The second-order valence-electron chi connectivity index (χ2n) is 1.33. The molecule has 0 amide bonds. The van der Waals surface area contributed by atoms with Gasteiger partial charge in [0.25, 0.3) is 0 Å². The Morgan fingerprint density at radius 1 is 0.882 bits per heavy atom. The summed E-state index contributed by atoms with van der Waals surface area (Å²) in [6.07, 6.45) is 0. The molecule has 0 aliphatic rings. The zero-order chi connectivity index (χ0) is 12.2. The molecule has 0 aliphatic heterocycles. The van der Waals surface area contributed by atoms with E-state index in [1.54, 1.807) is 0 Å². The number of hydrogen-bond acceptors (Lipinski definition) is 9. The van der Waals surface area contributed by atoms with Crippen LogP contribution in [0.5, 0.6) is 0 Å². The van der Waals surface area contributed by atoms with Crippen molar-refractivity contribution in [2.24, 2.45) is 0 Å². The molecule has 0 saturated heterocycles. The van der Waals surface area contributed by atoms with Crippen molar-refractivity contribution < 1.29 is 179 Å². The molecule has 17 heavy (non-hydrogen) atoms. The molecule has 0 aromatic heterocycles. The fourth-order valence-corrected chi connectivity index (χ4v) is 1.74. The van der Waals surface area contributed by atoms with E-state index in [9.17, 15) is 23.5 Å². The van der Waals surface area contributed by atoms with Gasteiger partial charge in [0, 0.05) is 0 Å². The van der Waals surface area contributed by atoms with Gasteiger partial charge in [-0.1, -0.05) is 0 Å². The molecule has 0 rings (SSSR count). The van der Waals surface area contributed by atoms with Gasteiger partial charge in [0.15, 0.2) is 0 Å². The standard InChI is InChI=1S/2Cr.2K.H2O4S.H2O.7O/c;;;;1-5(2,3)4;;;;;;;;/h;;;;(H2,1,2,3,4);1H2;;;;;;;/q;;2*+1;;;;;;;;2*-1. The van der Waals surface area contributed by atoms with Crippen molar-refractivity contribution in [2.75, 3.05) is 0 Å². The van der Waals surface area contributed by atoms with E-state index in [4.69, 9.17) is 17.5 Å². The minimum absolute atomic E-state index is 0. The van der Waals surface area contributed by atoms with E-state index < -0.39 is 37.6 Å². The fourth-order valence-electron chi connectivity index (χ4n) is 0.102. The van der Waals surface area contributed by atoms with E-state index in [-0.39, 0.29) is 108 Å². The Labute approximate surface area is 185 Å². The molecule has 96 valence electrons. The molecule has 4 N–H and O–H groups in total. The molecule has 0 aromatic carbocycles. The summed E-state index contributed by atoms with van der Waals surface area (Å²) in [4.78, 5) is 0. The maximum absolute atomic E-state index is 9.38. The van der Waals surface area contributed by atoms with Crippen LogP contribution < -0.4 is 111 Å². The fraction of sp³-hybridized carbons (Fsp3) is 0. The number of hydrogen-bond donors (Lipinski definition) is 2. The third kappa shape index (κ3) is 67.0. The van der Waals surface area contributed by atoms with Crippen LogP contribution in [0.1, 0.15) is 0 Å². The van der Waals surface area contributed by atoms with Crippen molar-refractivity contribution in [3.63, 3.8) is 0 Å². The average molecular weight is 410 g/mol. The molecule has 0 bridgehead atoms. The molecule has 0 saturated carbocycles. The summed E-state index contributed by atoms with van der Waals surface area (Å²) in [7, 11) is -4.67. The number of rotatable bonds is 2. The first-order valence-corrected chi connectivity index (χ1v) is 7.59. The van der Waals surface area contributed by atoms with Crippen molar-refractivity contribution >= 4 is 10.4 Å². The Kier molecular flexibility index (Phi) is 24.6. The third-order valence-corrected chi connectivity index (χ3v) is 2.83. The van der Waals surface area contributed by atoms with Crippen LogP contribution in [0, 0.1) is 0 Å². The normalized spacial score (nSPS) is 10.6. The van der Waals surface area contributed by atoms with Crippen molar-refractivity contribution in [3.8, 4) is 0 Å². The average Bonchev–Trinajstić information content (AvgIpc) is 1.42. The summed E-state index contributed by atoms with van der Waals surface area (Å²) in [5, 5.41) is 0. The minimum atomic E-state index is -6.07. The summed E-state index contributed by atoms with van der Waals surface area (Å²) in [5.41, 5.74) is 0. The first-order chi connectivity index (χ1) is 5.71. The SMILES string of the molecule is O.O=S(=O)(O)O.[K+].[K+].[O]=[Cr](=[O])([O-])[O][Cr](=[O])(=[O])[O-]. The van der Waals surface area contributed by atoms with E-state index in [2.05, 4.69) is 2.84 Å². The summed E-state index contributed by atoms with van der Waals surface area (Å²) >= 11 is -12.1. The van der Waals surface area contributed by atoms with Gasteiger partial charge in [-0.25, -0.2) is 0 Å². The van der Waals surface area contributed by atoms with E-state index in [0.29, 0.717) is 0 Å². The Balaban J connectivity index is -0.0000000533. The molecule has 0 unspecified atom stereocenters. The van der Waals surface area contributed by atoms with Crippen molar-refractivity contribution in [1.82, 2.24) is 0 Å². The van der Waals surface area contributed by atoms with Crippen molar-refractivity contribution in [3.05, 3.63) is 0 Å². The molecule has 0 aromatic rings. The summed E-state index contributed by atoms with van der Waals surface area (Å²) < 4.78 is 90.5. The van der Waals surface area contributed by atoms with Crippen molar-refractivity contribution in [1.29, 1.82) is 0 Å². The summed E-state index contributed by atoms with van der Waals surface area (Å²) in [5.74, 6) is 0. The third-order valence-electron chi connectivity index (χ3n) is 0.167. The van der Waals surface area contributed by atoms with E-state index in [0.717, 1.165) is 0 Å². The molecule has 0 fully saturated rings. The molecule has 12 nitrogen and oxygen atoms in total. The Bertz CT molecular complexity index is 415. The van der Waals surface area contributed by atoms with E-state index >= 15 is 0 Å². The summed E-state index contributed by atoms with van der Waals surface area (Å²) in [6.45, 7) is 0. The molecular formula is H4Cr2K2O12S. The van der Waals surface area contributed by atoms with E-state index in [1.165, 1.54) is 0 Å². The van der Waals surface area contributed by atoms with Crippen LogP contribution >= 0.6 is 0 Å². The molecule has 0 spiro atoms. The molecule has 0 aliphatic carbocycles. The van der Waals surface area contributed by atoms with Crippen LogP contribution in [0.2, 0.25) is 0 Å². The topological polar surface area (TPSA) is 230 Å². The maximum atomic E-state index is 9.38. The first-order valence-electron chi connectivity index (χ1n) is 2.03. The summed E-state index contributed by atoms with van der Waals surface area (Å²) in [6, 6.07) is 0. The molecule has 0 radical (unpaired) electrons. The quantitative estimate of drug-likeness (QED) is 0.320. The second-order valence-corrected chi connectivity index (χ2v) is 5.87. The van der Waals surface area contributed by atoms with Gasteiger partial charge in [-0.3, -0.25) is 9.11 Å². The first kappa shape index (κ1) is 32.3. The van der Waals surface area contributed by atoms with Crippen molar-refractivity contribution in [2.45, 2.75) is 0 Å². The van der Waals surface area contributed by atoms with Gasteiger partial charge in [-0.05, 0) is 0 Å². The second kappa shape index (κ2) is 12.9. The Hall–Kier alpha value is 3.25. The van der Waals surface area contributed by atoms with Crippen LogP contribution in [-0.2, 0) is 55.7 Å². The Morgan fingerprint density at radius 3 is 1.00 bits per heavy atom. The molecule has 0 heterocycles. The molecule has 0 atom stereocenters. The predicted molar refractivity (Wildman–Crippen MR) is 21.6 cm³/mol. The van der Waals surface area contributed by atoms with Crippen LogP contribution in [0.3, 0.4) is 0 Å². The zero-order valence-electron chi connectivity index (χ0n) is 8.29. The van der Waals surface area contributed by atoms with Gasteiger partial charge in [-0.2, -0.15) is 8.42 Å². The van der Waals surface area contributed by atoms with Gasteiger partial charge >= 0.3 is 167 Å². The Morgan fingerprint density at radius 2 is 1.00 bits per heavy atom. The monoisotopic (exact) mass is 410 g/mol.